The van der Waals surface area contributed by atoms with Gasteiger partial charge >= 0.3 is 0 Å². The Bertz CT molecular complexity index is 580. The fourth-order valence-corrected chi connectivity index (χ4v) is 2.57. The minimum absolute atomic E-state index is 0.00229. The van der Waals surface area contributed by atoms with E-state index >= 15 is 0 Å². The third-order valence-corrected chi connectivity index (χ3v) is 3.93. The summed E-state index contributed by atoms with van der Waals surface area (Å²) in [7, 11) is 1.63. The molecule has 4 heteroatoms. The Morgan fingerprint density at radius 1 is 1.25 bits per heavy atom. The van der Waals surface area contributed by atoms with Gasteiger partial charge in [0.25, 0.3) is 0 Å². The minimum atomic E-state index is 0.00229. The highest BCUT2D eigenvalue weighted by Crippen LogP contribution is 2.18. The molecule has 0 aliphatic rings. The number of hydrogen-bond acceptors (Lipinski definition) is 2. The van der Waals surface area contributed by atoms with Gasteiger partial charge in [0.15, 0.2) is 0 Å². The third kappa shape index (κ3) is 3.81. The highest BCUT2D eigenvalue weighted by molar-refractivity contribution is 9.09. The van der Waals surface area contributed by atoms with Gasteiger partial charge in [-0.05, 0) is 16.3 Å². The number of hydrogen-bond donors (Lipinski definition) is 1. The summed E-state index contributed by atoms with van der Waals surface area (Å²) in [5.41, 5.74) is 1.05. The fourth-order valence-electron chi connectivity index (χ4n) is 2.22. The molecule has 0 aliphatic heterocycles. The van der Waals surface area contributed by atoms with E-state index in [1.807, 2.05) is 24.3 Å². The third-order valence-electron chi connectivity index (χ3n) is 3.15. The van der Waals surface area contributed by atoms with Crippen LogP contribution in [0, 0.1) is 0 Å². The number of carbonyl (C=O) groups is 1. The van der Waals surface area contributed by atoms with Crippen molar-refractivity contribution >= 4 is 32.6 Å². The van der Waals surface area contributed by atoms with Crippen molar-refractivity contribution in [2.45, 2.75) is 12.5 Å². The summed E-state index contributed by atoms with van der Waals surface area (Å²) in [6.45, 7) is 0.506. The van der Waals surface area contributed by atoms with Crippen molar-refractivity contribution in [3.63, 3.8) is 0 Å². The Morgan fingerprint density at radius 2 is 2.00 bits per heavy atom. The van der Waals surface area contributed by atoms with Crippen molar-refractivity contribution in [2.24, 2.45) is 0 Å². The van der Waals surface area contributed by atoms with E-state index in [0.717, 1.165) is 16.3 Å². The van der Waals surface area contributed by atoms with Crippen molar-refractivity contribution in [1.29, 1.82) is 0 Å². The molecule has 106 valence electrons. The highest BCUT2D eigenvalue weighted by atomic mass is 79.9. The van der Waals surface area contributed by atoms with Crippen LogP contribution in [-0.2, 0) is 16.0 Å². The van der Waals surface area contributed by atoms with Crippen LogP contribution in [0.1, 0.15) is 5.56 Å². The molecule has 0 heterocycles. The second-order valence-corrected chi connectivity index (χ2v) is 5.34. The predicted octanol–water partition coefficient (Wildman–Crippen LogP) is 2.91. The normalized spacial score (nSPS) is 12.3. The van der Waals surface area contributed by atoms with Crippen LogP contribution in [0.25, 0.3) is 10.8 Å². The van der Waals surface area contributed by atoms with E-state index in [4.69, 9.17) is 4.74 Å². The summed E-state index contributed by atoms with van der Waals surface area (Å²) in [4.78, 5) is 12.1. The van der Waals surface area contributed by atoms with Gasteiger partial charge in [-0.1, -0.05) is 58.4 Å². The molecular formula is C16H18BrNO2. The van der Waals surface area contributed by atoms with Gasteiger partial charge in [-0.2, -0.15) is 0 Å². The summed E-state index contributed by atoms with van der Waals surface area (Å²) in [5, 5.41) is 5.94. The molecule has 1 unspecified atom stereocenters. The van der Waals surface area contributed by atoms with Crippen LogP contribution in [0.5, 0.6) is 0 Å². The van der Waals surface area contributed by atoms with Crippen molar-refractivity contribution < 1.29 is 9.53 Å². The van der Waals surface area contributed by atoms with E-state index < -0.39 is 0 Å². The molecular weight excluding hydrogens is 318 g/mol. The first-order valence-electron chi connectivity index (χ1n) is 6.55. The topological polar surface area (TPSA) is 38.3 Å². The number of methoxy groups -OCH3 is 1. The molecule has 20 heavy (non-hydrogen) atoms. The summed E-state index contributed by atoms with van der Waals surface area (Å²) >= 11 is 3.38. The fraction of sp³-hybridized carbons (Fsp3) is 0.312. The van der Waals surface area contributed by atoms with Gasteiger partial charge < -0.3 is 10.1 Å². The molecule has 3 nitrogen and oxygen atoms in total. The van der Waals surface area contributed by atoms with Gasteiger partial charge in [-0.25, -0.2) is 0 Å². The van der Waals surface area contributed by atoms with Crippen LogP contribution in [0.3, 0.4) is 0 Å². The Balaban J connectivity index is 2.10. The summed E-state index contributed by atoms with van der Waals surface area (Å²) in [6.07, 6.45) is 0.383. The van der Waals surface area contributed by atoms with E-state index in [9.17, 15) is 4.79 Å². The molecule has 1 N–H and O–H groups in total. The maximum atomic E-state index is 12.1. The highest BCUT2D eigenvalue weighted by Gasteiger charge is 2.12. The van der Waals surface area contributed by atoms with Gasteiger partial charge in [0.05, 0.1) is 19.1 Å². The maximum absolute atomic E-state index is 12.1. The first-order valence-corrected chi connectivity index (χ1v) is 7.67. The molecule has 2 aromatic carbocycles. The van der Waals surface area contributed by atoms with E-state index in [1.54, 1.807) is 7.11 Å². The number of ether oxygens (including phenoxy) is 1. The Labute approximate surface area is 127 Å². The van der Waals surface area contributed by atoms with Gasteiger partial charge in [-0.3, -0.25) is 4.79 Å². The lowest BCUT2D eigenvalue weighted by molar-refractivity contribution is -0.121. The maximum Gasteiger partial charge on any atom is 0.224 e. The number of nitrogens with one attached hydrogen (secondary N) is 1. The lowest BCUT2D eigenvalue weighted by Crippen LogP contribution is -2.40. The van der Waals surface area contributed by atoms with Crippen molar-refractivity contribution in [1.82, 2.24) is 5.32 Å². The smallest absolute Gasteiger partial charge is 0.224 e. The molecule has 0 aromatic heterocycles. The Kier molecular flexibility index (Phi) is 5.56. The van der Waals surface area contributed by atoms with Crippen molar-refractivity contribution in [3.05, 3.63) is 48.0 Å². The second kappa shape index (κ2) is 7.41. The van der Waals surface area contributed by atoms with Crippen LogP contribution >= 0.6 is 15.9 Å². The summed E-state index contributed by atoms with van der Waals surface area (Å²) in [6, 6.07) is 14.2. The van der Waals surface area contributed by atoms with Crippen LogP contribution in [0.2, 0.25) is 0 Å². The molecule has 0 saturated carbocycles. The zero-order valence-electron chi connectivity index (χ0n) is 11.4. The number of amides is 1. The monoisotopic (exact) mass is 335 g/mol. The molecule has 0 radical (unpaired) electrons. The van der Waals surface area contributed by atoms with Crippen LogP contribution < -0.4 is 5.32 Å². The number of carbonyl (C=O) groups excluding carboxylic acids is 1. The molecule has 0 aliphatic carbocycles. The van der Waals surface area contributed by atoms with Gasteiger partial charge in [0, 0.05) is 12.4 Å². The van der Waals surface area contributed by atoms with Gasteiger partial charge in [0.2, 0.25) is 5.91 Å². The molecule has 2 rings (SSSR count). The average Bonchev–Trinajstić information content (AvgIpc) is 2.47. The summed E-state index contributed by atoms with van der Waals surface area (Å²) in [5.74, 6) is 0.0165. The quantitative estimate of drug-likeness (QED) is 0.824. The number of rotatable bonds is 6. The number of halogens is 1. The van der Waals surface area contributed by atoms with E-state index in [0.29, 0.717) is 18.4 Å². The minimum Gasteiger partial charge on any atom is -0.383 e. The lowest BCUT2D eigenvalue weighted by Gasteiger charge is -2.15. The molecule has 1 atom stereocenters. The lowest BCUT2D eigenvalue weighted by atomic mass is 10.0. The Morgan fingerprint density at radius 3 is 2.75 bits per heavy atom. The van der Waals surface area contributed by atoms with Gasteiger partial charge in [-0.15, -0.1) is 0 Å². The van der Waals surface area contributed by atoms with Gasteiger partial charge in [0.1, 0.15) is 0 Å². The standard InChI is InChI=1S/C16H18BrNO2/c1-20-11-14(10-17)18-16(19)9-13-7-4-6-12-5-2-3-8-15(12)13/h2-8,14H,9-11H2,1H3,(H,18,19). The molecule has 0 bridgehead atoms. The second-order valence-electron chi connectivity index (χ2n) is 4.69. The number of benzene rings is 2. The van der Waals surface area contributed by atoms with E-state index in [-0.39, 0.29) is 11.9 Å². The first-order chi connectivity index (χ1) is 9.74. The first kappa shape index (κ1) is 15.0. The number of alkyl halides is 1. The van der Waals surface area contributed by atoms with E-state index in [1.165, 1.54) is 0 Å². The van der Waals surface area contributed by atoms with Crippen molar-refractivity contribution in [2.75, 3.05) is 19.0 Å². The van der Waals surface area contributed by atoms with Crippen molar-refractivity contribution in [3.8, 4) is 0 Å². The zero-order chi connectivity index (χ0) is 14.4. The van der Waals surface area contributed by atoms with Crippen LogP contribution in [0.4, 0.5) is 0 Å². The predicted molar refractivity (Wildman–Crippen MR) is 85.3 cm³/mol. The number of fused-ring (bicyclic) bond motifs is 1. The van der Waals surface area contributed by atoms with E-state index in [2.05, 4.69) is 39.4 Å². The molecule has 2 aromatic rings. The Hall–Kier alpha value is -1.39. The largest absolute Gasteiger partial charge is 0.383 e. The molecule has 0 saturated heterocycles. The molecule has 1 amide bonds. The molecule has 0 fully saturated rings. The SMILES string of the molecule is COCC(CBr)NC(=O)Cc1cccc2ccccc12. The average molecular weight is 336 g/mol. The summed E-state index contributed by atoms with van der Waals surface area (Å²) < 4.78 is 5.07. The zero-order valence-corrected chi connectivity index (χ0v) is 13.0. The van der Waals surface area contributed by atoms with Crippen LogP contribution in [-0.4, -0.2) is 31.0 Å². The molecule has 0 spiro atoms. The van der Waals surface area contributed by atoms with Crippen LogP contribution in [0.15, 0.2) is 42.5 Å².